The largest absolute Gasteiger partial charge is 0.460 e. The van der Waals surface area contributed by atoms with Crippen LogP contribution in [0.3, 0.4) is 0 Å². The topological polar surface area (TPSA) is 76.2 Å². The van der Waals surface area contributed by atoms with Crippen LogP contribution in [0.1, 0.15) is 38.7 Å². The van der Waals surface area contributed by atoms with E-state index in [4.69, 9.17) is 9.47 Å². The molecule has 0 saturated carbocycles. The molecule has 3 rings (SSSR count). The molecule has 0 N–H and O–H groups in total. The van der Waals surface area contributed by atoms with Crippen molar-refractivity contribution in [2.75, 3.05) is 19.6 Å². The van der Waals surface area contributed by atoms with Crippen molar-refractivity contribution in [1.82, 2.24) is 8.61 Å². The Morgan fingerprint density at radius 3 is 2.48 bits per heavy atom. The minimum absolute atomic E-state index is 0.148. The Morgan fingerprint density at radius 1 is 1.15 bits per heavy atom. The Labute approximate surface area is 161 Å². The average Bonchev–Trinajstić information content (AvgIpc) is 2.66. The molecule has 2 saturated heterocycles. The molecular weight excluding hydrogens is 368 g/mol. The fraction of sp³-hybridized carbons (Fsp3) is 0.632. The van der Waals surface area contributed by atoms with Gasteiger partial charge in [0.25, 0.3) is 10.2 Å². The Morgan fingerprint density at radius 2 is 1.81 bits per heavy atom. The van der Waals surface area contributed by atoms with Crippen LogP contribution < -0.4 is 0 Å². The number of carbonyl (C=O) groups is 1. The minimum Gasteiger partial charge on any atom is -0.460 e. The van der Waals surface area contributed by atoms with E-state index in [2.05, 4.69) is 0 Å². The Kier molecular flexibility index (Phi) is 6.52. The molecule has 8 heteroatoms. The second-order valence-corrected chi connectivity index (χ2v) is 9.18. The molecular formula is C19H28N2O5S. The van der Waals surface area contributed by atoms with Gasteiger partial charge >= 0.3 is 5.97 Å². The van der Waals surface area contributed by atoms with Crippen molar-refractivity contribution in [1.29, 1.82) is 0 Å². The normalized spacial score (nSPS) is 28.0. The molecule has 27 heavy (non-hydrogen) atoms. The average molecular weight is 397 g/mol. The zero-order chi connectivity index (χ0) is 19.4. The molecule has 150 valence electrons. The highest BCUT2D eigenvalue weighted by atomic mass is 32.2. The second kappa shape index (κ2) is 8.68. The van der Waals surface area contributed by atoms with Crippen LogP contribution in [0, 0.1) is 0 Å². The van der Waals surface area contributed by atoms with Crippen molar-refractivity contribution in [3.8, 4) is 0 Å². The zero-order valence-electron chi connectivity index (χ0n) is 15.9. The smallest absolute Gasteiger partial charge is 0.324 e. The number of piperidine rings is 1. The van der Waals surface area contributed by atoms with Gasteiger partial charge in [0, 0.05) is 19.6 Å². The number of carbonyl (C=O) groups excluding carboxylic acids is 1. The highest BCUT2D eigenvalue weighted by Crippen LogP contribution is 2.26. The molecule has 3 atom stereocenters. The molecule has 0 aliphatic carbocycles. The van der Waals surface area contributed by atoms with E-state index in [0.717, 1.165) is 18.4 Å². The molecule has 7 nitrogen and oxygen atoms in total. The number of morpholine rings is 1. The van der Waals surface area contributed by atoms with Crippen LogP contribution in [0.4, 0.5) is 0 Å². The molecule has 2 aliphatic rings. The third-order valence-electron chi connectivity index (χ3n) is 4.96. The van der Waals surface area contributed by atoms with Crippen molar-refractivity contribution >= 4 is 16.2 Å². The SMILES string of the molecule is C[C@@H]1CN(S(=O)(=O)N2CCCC[C@H]2C(=O)OCc2ccccc2)C[C@H](C)O1. The molecule has 1 aromatic carbocycles. The fourth-order valence-corrected chi connectivity index (χ4v) is 5.68. The molecule has 0 radical (unpaired) electrons. The lowest BCUT2D eigenvalue weighted by atomic mass is 10.1. The van der Waals surface area contributed by atoms with Crippen LogP contribution in [0.2, 0.25) is 0 Å². The summed E-state index contributed by atoms with van der Waals surface area (Å²) in [6.45, 7) is 4.81. The van der Waals surface area contributed by atoms with Crippen LogP contribution in [0.5, 0.6) is 0 Å². The number of ether oxygens (including phenoxy) is 2. The van der Waals surface area contributed by atoms with E-state index in [1.165, 1.54) is 8.61 Å². The lowest BCUT2D eigenvalue weighted by molar-refractivity contribution is -0.150. The number of hydrogen-bond acceptors (Lipinski definition) is 5. The molecule has 0 bridgehead atoms. The van der Waals surface area contributed by atoms with Gasteiger partial charge in [-0.05, 0) is 38.7 Å². The van der Waals surface area contributed by atoms with E-state index in [9.17, 15) is 13.2 Å². The molecule has 0 amide bonds. The molecule has 2 fully saturated rings. The standard InChI is InChI=1S/C19H28N2O5S/c1-15-12-20(13-16(2)26-15)27(23,24)21-11-7-6-10-18(21)19(22)25-14-17-8-4-3-5-9-17/h3-5,8-9,15-16,18H,6-7,10-14H2,1-2H3/t15-,16+,18-/m0/s1. The predicted octanol–water partition coefficient (Wildman–Crippen LogP) is 1.94. The van der Waals surface area contributed by atoms with Crippen molar-refractivity contribution in [2.45, 2.75) is 58.0 Å². The van der Waals surface area contributed by atoms with Gasteiger partial charge in [0.2, 0.25) is 0 Å². The molecule has 2 heterocycles. The van der Waals surface area contributed by atoms with Crippen molar-refractivity contribution in [3.05, 3.63) is 35.9 Å². The minimum atomic E-state index is -3.74. The molecule has 0 aromatic heterocycles. The predicted molar refractivity (Wildman–Crippen MR) is 101 cm³/mol. The highest BCUT2D eigenvalue weighted by Gasteiger charge is 2.42. The first-order chi connectivity index (χ1) is 12.9. The maximum atomic E-state index is 13.2. The van der Waals surface area contributed by atoms with Gasteiger partial charge in [-0.15, -0.1) is 0 Å². The van der Waals surface area contributed by atoms with Crippen LogP contribution in [0.25, 0.3) is 0 Å². The third-order valence-corrected chi connectivity index (χ3v) is 6.94. The van der Waals surface area contributed by atoms with Crippen LogP contribution in [-0.2, 0) is 31.1 Å². The monoisotopic (exact) mass is 396 g/mol. The van der Waals surface area contributed by atoms with Gasteiger partial charge in [-0.25, -0.2) is 0 Å². The Bertz CT molecular complexity index is 730. The van der Waals surface area contributed by atoms with Crippen molar-refractivity contribution in [3.63, 3.8) is 0 Å². The van der Waals surface area contributed by atoms with Crippen LogP contribution in [0.15, 0.2) is 30.3 Å². The lowest BCUT2D eigenvalue weighted by Gasteiger charge is -2.40. The van der Waals surface area contributed by atoms with Gasteiger partial charge in [0.15, 0.2) is 0 Å². The summed E-state index contributed by atoms with van der Waals surface area (Å²) in [5.74, 6) is -0.475. The first-order valence-electron chi connectivity index (χ1n) is 9.51. The Hall–Kier alpha value is -1.48. The number of nitrogens with zero attached hydrogens (tertiary/aromatic N) is 2. The van der Waals surface area contributed by atoms with E-state index in [1.807, 2.05) is 44.2 Å². The summed E-state index contributed by atoms with van der Waals surface area (Å²) in [7, 11) is -3.74. The van der Waals surface area contributed by atoms with E-state index in [1.54, 1.807) is 0 Å². The van der Waals surface area contributed by atoms with Crippen LogP contribution >= 0.6 is 0 Å². The summed E-state index contributed by atoms with van der Waals surface area (Å²) in [4.78, 5) is 12.7. The van der Waals surface area contributed by atoms with Gasteiger partial charge in [-0.3, -0.25) is 4.79 Å². The van der Waals surface area contributed by atoms with E-state index >= 15 is 0 Å². The number of rotatable bonds is 5. The molecule has 0 unspecified atom stereocenters. The van der Waals surface area contributed by atoms with E-state index < -0.39 is 22.2 Å². The third kappa shape index (κ3) is 4.87. The summed E-state index contributed by atoms with van der Waals surface area (Å²) in [5.41, 5.74) is 0.881. The number of esters is 1. The quantitative estimate of drug-likeness (QED) is 0.711. The lowest BCUT2D eigenvalue weighted by Crippen LogP contribution is -2.57. The van der Waals surface area contributed by atoms with E-state index in [-0.39, 0.29) is 18.8 Å². The second-order valence-electron chi connectivity index (χ2n) is 7.30. The maximum absolute atomic E-state index is 13.2. The summed E-state index contributed by atoms with van der Waals surface area (Å²) >= 11 is 0. The van der Waals surface area contributed by atoms with Crippen LogP contribution in [-0.4, -0.2) is 60.9 Å². The zero-order valence-corrected chi connectivity index (χ0v) is 16.7. The number of benzene rings is 1. The van der Waals surface area contributed by atoms with E-state index in [0.29, 0.717) is 26.1 Å². The molecule has 0 spiro atoms. The molecule has 1 aromatic rings. The van der Waals surface area contributed by atoms with Crippen molar-refractivity contribution in [2.24, 2.45) is 0 Å². The first-order valence-corrected chi connectivity index (χ1v) is 10.9. The van der Waals surface area contributed by atoms with Gasteiger partial charge in [0.05, 0.1) is 12.2 Å². The van der Waals surface area contributed by atoms with Crippen molar-refractivity contribution < 1.29 is 22.7 Å². The van der Waals surface area contributed by atoms with Gasteiger partial charge in [-0.2, -0.15) is 17.0 Å². The first kappa shape index (κ1) is 20.3. The van der Waals surface area contributed by atoms with Gasteiger partial charge in [0.1, 0.15) is 12.6 Å². The van der Waals surface area contributed by atoms with Gasteiger partial charge < -0.3 is 9.47 Å². The molecule has 2 aliphatic heterocycles. The highest BCUT2D eigenvalue weighted by molar-refractivity contribution is 7.86. The summed E-state index contributed by atoms with van der Waals surface area (Å²) < 4.78 is 40.3. The summed E-state index contributed by atoms with van der Waals surface area (Å²) in [5, 5.41) is 0. The number of hydrogen-bond donors (Lipinski definition) is 0. The summed E-state index contributed by atoms with van der Waals surface area (Å²) in [6.07, 6.45) is 1.71. The fourth-order valence-electron chi connectivity index (χ4n) is 3.71. The summed E-state index contributed by atoms with van der Waals surface area (Å²) in [6, 6.07) is 8.63. The van der Waals surface area contributed by atoms with Gasteiger partial charge in [-0.1, -0.05) is 30.3 Å². The maximum Gasteiger partial charge on any atom is 0.324 e. The Balaban J connectivity index is 1.71.